The Labute approximate surface area is 110 Å². The molecule has 98 valence electrons. The predicted molar refractivity (Wildman–Crippen MR) is 71.2 cm³/mol. The van der Waals surface area contributed by atoms with Gasteiger partial charge in [0.25, 0.3) is 0 Å². The molecule has 0 aliphatic carbocycles. The van der Waals surface area contributed by atoms with Crippen molar-refractivity contribution in [3.05, 3.63) is 59.5 Å². The molecule has 0 atom stereocenters. The molecule has 5 heteroatoms. The number of benzene rings is 1. The zero-order chi connectivity index (χ0) is 13.7. The summed E-state index contributed by atoms with van der Waals surface area (Å²) in [4.78, 5) is 15.7. The number of carbonyl (C=O) groups is 1. The van der Waals surface area contributed by atoms with E-state index in [0.29, 0.717) is 12.4 Å². The van der Waals surface area contributed by atoms with Gasteiger partial charge in [-0.3, -0.25) is 5.32 Å². The van der Waals surface area contributed by atoms with Crippen LogP contribution in [0.1, 0.15) is 11.1 Å². The third-order valence-electron chi connectivity index (χ3n) is 2.52. The number of nitrogens with one attached hydrogen (secondary N) is 2. The van der Waals surface area contributed by atoms with E-state index in [-0.39, 0.29) is 11.8 Å². The number of aromatic nitrogens is 1. The van der Waals surface area contributed by atoms with Gasteiger partial charge in [0.1, 0.15) is 11.6 Å². The summed E-state index contributed by atoms with van der Waals surface area (Å²) in [6.45, 7) is 2.25. The number of anilines is 1. The Bertz CT molecular complexity index is 569. The number of aryl methyl sites for hydroxylation is 1. The maximum absolute atomic E-state index is 12.7. The smallest absolute Gasteiger partial charge is 0.320 e. The van der Waals surface area contributed by atoms with E-state index in [1.165, 1.54) is 12.1 Å². The Morgan fingerprint density at radius 2 is 2.00 bits per heavy atom. The topological polar surface area (TPSA) is 54.0 Å². The SMILES string of the molecule is Cc1ccnc(NC(=O)NCc2ccc(F)cc2)c1. The Kier molecular flexibility index (Phi) is 4.07. The fourth-order valence-corrected chi connectivity index (χ4v) is 1.55. The second-order valence-electron chi connectivity index (χ2n) is 4.15. The molecular weight excluding hydrogens is 245 g/mol. The normalized spacial score (nSPS) is 10.0. The van der Waals surface area contributed by atoms with Crippen LogP contribution >= 0.6 is 0 Å². The minimum absolute atomic E-state index is 0.294. The lowest BCUT2D eigenvalue weighted by atomic mass is 10.2. The van der Waals surface area contributed by atoms with Crippen molar-refractivity contribution in [1.29, 1.82) is 0 Å². The van der Waals surface area contributed by atoms with Crippen LogP contribution in [0.15, 0.2) is 42.6 Å². The summed E-state index contributed by atoms with van der Waals surface area (Å²) in [5, 5.41) is 5.30. The number of nitrogens with zero attached hydrogens (tertiary/aromatic N) is 1. The zero-order valence-electron chi connectivity index (χ0n) is 10.5. The summed E-state index contributed by atoms with van der Waals surface area (Å²) in [6.07, 6.45) is 1.63. The van der Waals surface area contributed by atoms with Crippen molar-refractivity contribution in [2.75, 3.05) is 5.32 Å². The Hall–Kier alpha value is -2.43. The van der Waals surface area contributed by atoms with Gasteiger partial charge in [-0.05, 0) is 42.3 Å². The molecule has 1 heterocycles. The van der Waals surface area contributed by atoms with E-state index >= 15 is 0 Å². The third kappa shape index (κ3) is 4.06. The maximum Gasteiger partial charge on any atom is 0.320 e. The molecule has 0 aliphatic rings. The fraction of sp³-hybridized carbons (Fsp3) is 0.143. The lowest BCUT2D eigenvalue weighted by Crippen LogP contribution is -2.28. The molecule has 0 saturated carbocycles. The molecule has 0 radical (unpaired) electrons. The Balaban J connectivity index is 1.86. The fourth-order valence-electron chi connectivity index (χ4n) is 1.55. The van der Waals surface area contributed by atoms with Crippen molar-refractivity contribution in [3.63, 3.8) is 0 Å². The van der Waals surface area contributed by atoms with Crippen molar-refractivity contribution >= 4 is 11.8 Å². The van der Waals surface area contributed by atoms with E-state index in [9.17, 15) is 9.18 Å². The van der Waals surface area contributed by atoms with E-state index in [1.54, 1.807) is 24.4 Å². The number of pyridine rings is 1. The first-order valence-electron chi connectivity index (χ1n) is 5.85. The molecule has 1 aromatic heterocycles. The number of hydrogen-bond acceptors (Lipinski definition) is 2. The molecule has 2 aromatic rings. The quantitative estimate of drug-likeness (QED) is 0.890. The van der Waals surface area contributed by atoms with Crippen LogP contribution in [0.4, 0.5) is 15.0 Å². The molecule has 2 N–H and O–H groups in total. The summed E-state index contributed by atoms with van der Waals surface area (Å²) >= 11 is 0. The van der Waals surface area contributed by atoms with E-state index in [1.807, 2.05) is 13.0 Å². The number of carbonyl (C=O) groups excluding carboxylic acids is 1. The summed E-state index contributed by atoms with van der Waals surface area (Å²) in [5.74, 6) is 0.203. The summed E-state index contributed by atoms with van der Waals surface area (Å²) in [5.41, 5.74) is 1.84. The second-order valence-corrected chi connectivity index (χ2v) is 4.15. The second kappa shape index (κ2) is 5.95. The molecule has 0 aliphatic heterocycles. The van der Waals surface area contributed by atoms with Crippen molar-refractivity contribution in [2.45, 2.75) is 13.5 Å². The van der Waals surface area contributed by atoms with Gasteiger partial charge >= 0.3 is 6.03 Å². The molecule has 0 saturated heterocycles. The molecule has 0 unspecified atom stereocenters. The molecule has 19 heavy (non-hydrogen) atoms. The number of rotatable bonds is 3. The van der Waals surface area contributed by atoms with Crippen LogP contribution in [0.2, 0.25) is 0 Å². The van der Waals surface area contributed by atoms with Crippen molar-refractivity contribution in [1.82, 2.24) is 10.3 Å². The van der Waals surface area contributed by atoms with E-state index in [0.717, 1.165) is 11.1 Å². The van der Waals surface area contributed by atoms with Crippen molar-refractivity contribution < 1.29 is 9.18 Å². The van der Waals surface area contributed by atoms with Gasteiger partial charge in [-0.25, -0.2) is 14.2 Å². The van der Waals surface area contributed by atoms with Crippen molar-refractivity contribution in [2.24, 2.45) is 0 Å². The summed E-state index contributed by atoms with van der Waals surface area (Å²) in [7, 11) is 0. The first-order chi connectivity index (χ1) is 9.13. The van der Waals surface area contributed by atoms with Crippen LogP contribution < -0.4 is 10.6 Å². The molecule has 0 bridgehead atoms. The lowest BCUT2D eigenvalue weighted by Gasteiger charge is -2.07. The predicted octanol–water partition coefficient (Wildman–Crippen LogP) is 2.85. The Morgan fingerprint density at radius 1 is 1.26 bits per heavy atom. The van der Waals surface area contributed by atoms with Gasteiger partial charge in [-0.1, -0.05) is 12.1 Å². The minimum Gasteiger partial charge on any atom is -0.334 e. The first-order valence-corrected chi connectivity index (χ1v) is 5.85. The molecule has 0 spiro atoms. The largest absolute Gasteiger partial charge is 0.334 e. The molecular formula is C14H14FN3O. The monoisotopic (exact) mass is 259 g/mol. The first kappa shape index (κ1) is 13.0. The standard InChI is InChI=1S/C14H14FN3O/c1-10-6-7-16-13(8-10)18-14(19)17-9-11-2-4-12(15)5-3-11/h2-8H,9H2,1H3,(H2,16,17,18,19). The highest BCUT2D eigenvalue weighted by Gasteiger charge is 2.02. The van der Waals surface area contributed by atoms with Crippen LogP contribution in [0.25, 0.3) is 0 Å². The Morgan fingerprint density at radius 3 is 2.68 bits per heavy atom. The lowest BCUT2D eigenvalue weighted by molar-refractivity contribution is 0.251. The third-order valence-corrected chi connectivity index (χ3v) is 2.52. The van der Waals surface area contributed by atoms with E-state index in [4.69, 9.17) is 0 Å². The highest BCUT2D eigenvalue weighted by Crippen LogP contribution is 2.05. The number of halogens is 1. The molecule has 2 amide bonds. The molecule has 1 aromatic carbocycles. The average molecular weight is 259 g/mol. The van der Waals surface area contributed by atoms with Crippen LogP contribution in [-0.2, 0) is 6.54 Å². The molecule has 4 nitrogen and oxygen atoms in total. The van der Waals surface area contributed by atoms with Gasteiger partial charge in [-0.15, -0.1) is 0 Å². The minimum atomic E-state index is -0.345. The highest BCUT2D eigenvalue weighted by molar-refractivity contribution is 5.88. The van der Waals surface area contributed by atoms with Gasteiger partial charge in [0, 0.05) is 12.7 Å². The molecule has 0 fully saturated rings. The van der Waals surface area contributed by atoms with E-state index in [2.05, 4.69) is 15.6 Å². The highest BCUT2D eigenvalue weighted by atomic mass is 19.1. The number of amides is 2. The van der Waals surface area contributed by atoms with Crippen molar-refractivity contribution in [3.8, 4) is 0 Å². The van der Waals surface area contributed by atoms with Gasteiger partial charge in [-0.2, -0.15) is 0 Å². The van der Waals surface area contributed by atoms with Gasteiger partial charge in [0.15, 0.2) is 0 Å². The van der Waals surface area contributed by atoms with Crippen LogP contribution in [0.5, 0.6) is 0 Å². The van der Waals surface area contributed by atoms with E-state index < -0.39 is 0 Å². The number of hydrogen-bond donors (Lipinski definition) is 2. The average Bonchev–Trinajstić information content (AvgIpc) is 2.38. The number of urea groups is 1. The maximum atomic E-state index is 12.7. The summed E-state index contributed by atoms with van der Waals surface area (Å²) in [6, 6.07) is 9.25. The van der Waals surface area contributed by atoms with Gasteiger partial charge in [0.2, 0.25) is 0 Å². The summed E-state index contributed by atoms with van der Waals surface area (Å²) < 4.78 is 12.7. The van der Waals surface area contributed by atoms with Gasteiger partial charge < -0.3 is 5.32 Å². The van der Waals surface area contributed by atoms with Crippen LogP contribution in [-0.4, -0.2) is 11.0 Å². The van der Waals surface area contributed by atoms with Crippen LogP contribution in [0, 0.1) is 12.7 Å². The molecule has 2 rings (SSSR count). The van der Waals surface area contributed by atoms with Gasteiger partial charge in [0.05, 0.1) is 0 Å². The zero-order valence-corrected chi connectivity index (χ0v) is 10.5. The van der Waals surface area contributed by atoms with Crippen LogP contribution in [0.3, 0.4) is 0 Å².